The molecule has 0 saturated carbocycles. The van der Waals surface area contributed by atoms with Gasteiger partial charge in [-0.15, -0.1) is 5.10 Å². The van der Waals surface area contributed by atoms with Crippen molar-refractivity contribution in [3.8, 4) is 11.1 Å². The van der Waals surface area contributed by atoms with E-state index in [-0.39, 0.29) is 5.91 Å². The van der Waals surface area contributed by atoms with E-state index in [0.717, 1.165) is 66.3 Å². The number of H-pyrrole nitrogens is 1. The molecule has 0 unspecified atom stereocenters. The maximum Gasteiger partial charge on any atom is 0.247 e. The maximum atomic E-state index is 11.5. The zero-order valence-corrected chi connectivity index (χ0v) is 20.5. The second-order valence-corrected chi connectivity index (χ2v) is 9.50. The van der Waals surface area contributed by atoms with Crippen LogP contribution in [0.15, 0.2) is 85.8 Å². The van der Waals surface area contributed by atoms with Gasteiger partial charge in [-0.3, -0.25) is 9.69 Å². The molecule has 0 bridgehead atoms. The van der Waals surface area contributed by atoms with Crippen LogP contribution in [0.2, 0.25) is 0 Å². The second-order valence-electron chi connectivity index (χ2n) is 9.50. The molecule has 2 aromatic carbocycles. The molecular formula is C29H29N7O. The molecule has 5 aromatic rings. The lowest BCUT2D eigenvalue weighted by atomic mass is 10.0. The number of carbonyl (C=O) groups is 1. The topological polar surface area (TPSA) is 90.4 Å². The molecule has 8 heteroatoms. The molecule has 6 rings (SSSR count). The van der Waals surface area contributed by atoms with Crippen molar-refractivity contribution in [2.75, 3.05) is 23.7 Å². The van der Waals surface area contributed by atoms with Crippen LogP contribution in [0, 0.1) is 0 Å². The Hall–Kier alpha value is -4.43. The van der Waals surface area contributed by atoms with Crippen LogP contribution in [-0.4, -0.2) is 49.5 Å². The Labute approximate surface area is 215 Å². The van der Waals surface area contributed by atoms with Gasteiger partial charge in [0, 0.05) is 65.4 Å². The third kappa shape index (κ3) is 4.83. The first-order valence-electron chi connectivity index (χ1n) is 12.6. The van der Waals surface area contributed by atoms with E-state index < -0.39 is 0 Å². The highest BCUT2D eigenvalue weighted by Crippen LogP contribution is 2.32. The third-order valence-corrected chi connectivity index (χ3v) is 6.91. The van der Waals surface area contributed by atoms with Crippen LogP contribution in [0.25, 0.3) is 27.7 Å². The summed E-state index contributed by atoms with van der Waals surface area (Å²) in [4.78, 5) is 21.9. The Bertz CT molecular complexity index is 1570. The smallest absolute Gasteiger partial charge is 0.247 e. The third-order valence-electron chi connectivity index (χ3n) is 6.91. The van der Waals surface area contributed by atoms with E-state index in [1.807, 2.05) is 28.9 Å². The molecule has 1 aliphatic rings. The average Bonchev–Trinajstić information content (AvgIpc) is 3.57. The SMILES string of the molecule is C=CC(=O)Nc1ccc(CN2CCC[C@@H](Nc3cc(-c4c[nH]c5ccccc45)c4nccn4n3)C2)cc1. The molecule has 37 heavy (non-hydrogen) atoms. The van der Waals surface area contributed by atoms with Crippen molar-refractivity contribution in [3.05, 3.63) is 91.4 Å². The fraction of sp³-hybridized carbons (Fsp3) is 0.207. The van der Waals surface area contributed by atoms with Gasteiger partial charge in [0.1, 0.15) is 5.82 Å². The van der Waals surface area contributed by atoms with Gasteiger partial charge >= 0.3 is 0 Å². The van der Waals surface area contributed by atoms with Crippen LogP contribution in [0.3, 0.4) is 0 Å². The summed E-state index contributed by atoms with van der Waals surface area (Å²) in [5.74, 6) is 0.646. The van der Waals surface area contributed by atoms with Crippen molar-refractivity contribution in [1.82, 2.24) is 24.5 Å². The number of likely N-dealkylation sites (tertiary alicyclic amines) is 1. The standard InChI is InChI=1S/C29H29N7O/c1-2-28(37)33-21-11-9-20(10-12-21)18-35-14-5-6-22(19-35)32-27-16-24(29-30-13-15-36(29)34-27)25-17-31-26-8-4-3-7-23(25)26/h2-4,7-13,15-17,22,31H,1,5-6,14,18-19H2,(H,32,34)(H,33,37)/t22-/m1/s1. The Kier molecular flexibility index (Phi) is 6.16. The molecule has 1 aliphatic heterocycles. The number of benzene rings is 2. The van der Waals surface area contributed by atoms with Gasteiger partial charge in [0.05, 0.1) is 0 Å². The number of para-hydroxylation sites is 1. The van der Waals surface area contributed by atoms with Gasteiger partial charge in [-0.05, 0) is 55.3 Å². The van der Waals surface area contributed by atoms with E-state index in [2.05, 4.69) is 74.7 Å². The minimum atomic E-state index is -0.201. The number of nitrogens with zero attached hydrogens (tertiary/aromatic N) is 4. The molecule has 1 amide bonds. The number of imidazole rings is 1. The summed E-state index contributed by atoms with van der Waals surface area (Å²) in [5.41, 5.74) is 6.11. The number of amides is 1. The zero-order valence-electron chi connectivity index (χ0n) is 20.5. The lowest BCUT2D eigenvalue weighted by molar-refractivity contribution is -0.111. The highest BCUT2D eigenvalue weighted by molar-refractivity contribution is 5.99. The molecular weight excluding hydrogens is 462 g/mol. The van der Waals surface area contributed by atoms with E-state index in [4.69, 9.17) is 5.10 Å². The number of fused-ring (bicyclic) bond motifs is 2. The van der Waals surface area contributed by atoms with Gasteiger partial charge < -0.3 is 15.6 Å². The molecule has 3 aromatic heterocycles. The first-order chi connectivity index (χ1) is 18.2. The Morgan fingerprint density at radius 1 is 1.16 bits per heavy atom. The number of aromatic nitrogens is 4. The number of nitrogens with one attached hydrogen (secondary N) is 3. The van der Waals surface area contributed by atoms with E-state index in [9.17, 15) is 4.79 Å². The lowest BCUT2D eigenvalue weighted by Gasteiger charge is -2.33. The van der Waals surface area contributed by atoms with Crippen LogP contribution >= 0.6 is 0 Å². The fourth-order valence-electron chi connectivity index (χ4n) is 5.15. The Morgan fingerprint density at radius 3 is 2.89 bits per heavy atom. The maximum absolute atomic E-state index is 11.5. The van der Waals surface area contributed by atoms with Crippen LogP contribution in [0.1, 0.15) is 18.4 Å². The number of aromatic amines is 1. The average molecular weight is 492 g/mol. The molecule has 1 fully saturated rings. The minimum Gasteiger partial charge on any atom is -0.365 e. The van der Waals surface area contributed by atoms with Gasteiger partial charge in [-0.25, -0.2) is 9.50 Å². The van der Waals surface area contributed by atoms with Crippen molar-refractivity contribution in [1.29, 1.82) is 0 Å². The summed E-state index contributed by atoms with van der Waals surface area (Å²) in [6.07, 6.45) is 9.23. The normalized spacial score (nSPS) is 16.2. The summed E-state index contributed by atoms with van der Waals surface area (Å²) in [7, 11) is 0. The molecule has 4 heterocycles. The zero-order chi connectivity index (χ0) is 25.2. The number of piperidine rings is 1. The Balaban J connectivity index is 1.18. The van der Waals surface area contributed by atoms with E-state index in [0.29, 0.717) is 6.04 Å². The summed E-state index contributed by atoms with van der Waals surface area (Å²) in [6.45, 7) is 6.35. The largest absolute Gasteiger partial charge is 0.365 e. The number of rotatable bonds is 7. The highest BCUT2D eigenvalue weighted by Gasteiger charge is 2.21. The van der Waals surface area contributed by atoms with Crippen LogP contribution in [0.5, 0.6) is 0 Å². The summed E-state index contributed by atoms with van der Waals surface area (Å²) in [6, 6.07) is 18.7. The number of hydrogen-bond donors (Lipinski definition) is 3. The summed E-state index contributed by atoms with van der Waals surface area (Å²) in [5, 5.41) is 12.5. The first kappa shape index (κ1) is 23.0. The number of carbonyl (C=O) groups excluding carboxylic acids is 1. The molecule has 0 radical (unpaired) electrons. The van der Waals surface area contributed by atoms with Gasteiger partial charge in [0.25, 0.3) is 0 Å². The number of anilines is 2. The predicted molar refractivity (Wildman–Crippen MR) is 147 cm³/mol. The van der Waals surface area contributed by atoms with Gasteiger partial charge in [0.2, 0.25) is 5.91 Å². The van der Waals surface area contributed by atoms with Crippen molar-refractivity contribution >= 4 is 34.0 Å². The molecule has 8 nitrogen and oxygen atoms in total. The Morgan fingerprint density at radius 2 is 2.03 bits per heavy atom. The monoisotopic (exact) mass is 491 g/mol. The minimum absolute atomic E-state index is 0.201. The molecule has 0 spiro atoms. The molecule has 0 aliphatic carbocycles. The summed E-state index contributed by atoms with van der Waals surface area (Å²) >= 11 is 0. The van der Waals surface area contributed by atoms with E-state index >= 15 is 0 Å². The van der Waals surface area contributed by atoms with Crippen LogP contribution in [-0.2, 0) is 11.3 Å². The second kappa shape index (κ2) is 9.91. The fourth-order valence-corrected chi connectivity index (χ4v) is 5.15. The van der Waals surface area contributed by atoms with Gasteiger partial charge in [0.15, 0.2) is 5.65 Å². The number of hydrogen-bond acceptors (Lipinski definition) is 5. The highest BCUT2D eigenvalue weighted by atomic mass is 16.1. The van der Waals surface area contributed by atoms with Crippen molar-refractivity contribution in [2.45, 2.75) is 25.4 Å². The van der Waals surface area contributed by atoms with E-state index in [1.165, 1.54) is 17.0 Å². The first-order valence-corrected chi connectivity index (χ1v) is 12.6. The van der Waals surface area contributed by atoms with Gasteiger partial charge in [-0.1, -0.05) is 36.9 Å². The predicted octanol–water partition coefficient (Wildman–Crippen LogP) is 5.08. The summed E-state index contributed by atoms with van der Waals surface area (Å²) < 4.78 is 1.85. The van der Waals surface area contributed by atoms with Crippen LogP contribution in [0.4, 0.5) is 11.5 Å². The quantitative estimate of drug-likeness (QED) is 0.276. The van der Waals surface area contributed by atoms with E-state index in [1.54, 1.807) is 6.20 Å². The molecule has 186 valence electrons. The van der Waals surface area contributed by atoms with Crippen molar-refractivity contribution in [3.63, 3.8) is 0 Å². The van der Waals surface area contributed by atoms with Crippen molar-refractivity contribution < 1.29 is 4.79 Å². The lowest BCUT2D eigenvalue weighted by Crippen LogP contribution is -2.41. The van der Waals surface area contributed by atoms with Crippen LogP contribution < -0.4 is 10.6 Å². The van der Waals surface area contributed by atoms with Crippen molar-refractivity contribution in [2.24, 2.45) is 0 Å². The van der Waals surface area contributed by atoms with Gasteiger partial charge in [-0.2, -0.15) is 0 Å². The molecule has 3 N–H and O–H groups in total. The molecule has 1 saturated heterocycles. The molecule has 1 atom stereocenters.